The summed E-state index contributed by atoms with van der Waals surface area (Å²) in [7, 11) is 3.13. The van der Waals surface area contributed by atoms with E-state index in [1.807, 2.05) is 36.4 Å². The van der Waals surface area contributed by atoms with Gasteiger partial charge in [-0.1, -0.05) is 62.4 Å². The van der Waals surface area contributed by atoms with Crippen LogP contribution in [0.5, 0.6) is 11.5 Å². The highest BCUT2D eigenvalue weighted by Gasteiger charge is 2.39. The Morgan fingerprint density at radius 2 is 1.36 bits per heavy atom. The lowest BCUT2D eigenvalue weighted by atomic mass is 9.97. The van der Waals surface area contributed by atoms with Crippen molar-refractivity contribution in [3.63, 3.8) is 0 Å². The Kier molecular flexibility index (Phi) is 9.28. The highest BCUT2D eigenvalue weighted by Crippen LogP contribution is 2.31. The second kappa shape index (κ2) is 13.5. The van der Waals surface area contributed by atoms with E-state index < -0.39 is 36.1 Å². The highest BCUT2D eigenvalue weighted by molar-refractivity contribution is 6.52. The zero-order chi connectivity index (χ0) is 32.1. The number of anilines is 2. The Bertz CT molecular complexity index is 1700. The zero-order valence-electron chi connectivity index (χ0n) is 25.7. The Hall–Kier alpha value is -5.44. The molecule has 4 aromatic rings. The number of ether oxygens (including phenoxy) is 2. The summed E-state index contributed by atoms with van der Waals surface area (Å²) >= 11 is 0. The molecule has 9 nitrogen and oxygen atoms in total. The predicted molar refractivity (Wildman–Crippen MR) is 172 cm³/mol. The van der Waals surface area contributed by atoms with Crippen molar-refractivity contribution in [2.75, 3.05) is 31.0 Å². The number of carbonyl (C=O) groups excluding carboxylic acids is 4. The average Bonchev–Trinajstić information content (AvgIpc) is 3.30. The molecule has 0 saturated heterocycles. The van der Waals surface area contributed by atoms with E-state index in [4.69, 9.17) is 9.47 Å². The second-order valence-corrected chi connectivity index (χ2v) is 11.0. The molecule has 1 atom stereocenters. The number of fused-ring (bicyclic) bond motifs is 1. The molecule has 0 aliphatic carbocycles. The minimum absolute atomic E-state index is 0.0487. The van der Waals surface area contributed by atoms with Gasteiger partial charge in [0.2, 0.25) is 5.91 Å². The SMILES string of the molecule is COc1ccc(CN(C(=O)CN2C(=O)C(=O)c3ccccc32)C(C(=O)Nc2ccc(OC)cc2)c2ccc(C(C)C)cc2)cc1. The van der Waals surface area contributed by atoms with Gasteiger partial charge in [-0.3, -0.25) is 24.1 Å². The Labute approximate surface area is 262 Å². The molecule has 0 saturated carbocycles. The maximum atomic E-state index is 14.3. The fourth-order valence-corrected chi connectivity index (χ4v) is 5.30. The van der Waals surface area contributed by atoms with Crippen LogP contribution in [-0.2, 0) is 20.9 Å². The molecule has 4 aromatic carbocycles. The first-order valence-corrected chi connectivity index (χ1v) is 14.6. The number of hydrogen-bond acceptors (Lipinski definition) is 6. The van der Waals surface area contributed by atoms with Crippen molar-refractivity contribution in [3.8, 4) is 11.5 Å². The molecule has 1 unspecified atom stereocenters. The van der Waals surface area contributed by atoms with E-state index in [1.54, 1.807) is 74.9 Å². The molecule has 45 heavy (non-hydrogen) atoms. The summed E-state index contributed by atoms with van der Waals surface area (Å²) in [6, 6.07) is 27.2. The molecule has 0 radical (unpaired) electrons. The summed E-state index contributed by atoms with van der Waals surface area (Å²) < 4.78 is 10.6. The van der Waals surface area contributed by atoms with Crippen molar-refractivity contribution in [3.05, 3.63) is 119 Å². The molecule has 3 amide bonds. The van der Waals surface area contributed by atoms with Crippen LogP contribution in [0.4, 0.5) is 11.4 Å². The molecular weight excluding hydrogens is 570 g/mol. The van der Waals surface area contributed by atoms with Gasteiger partial charge >= 0.3 is 0 Å². The predicted octanol–water partition coefficient (Wildman–Crippen LogP) is 5.77. The third-order valence-corrected chi connectivity index (χ3v) is 7.84. The monoisotopic (exact) mass is 605 g/mol. The van der Waals surface area contributed by atoms with Crippen molar-refractivity contribution < 1.29 is 28.7 Å². The molecule has 0 aromatic heterocycles. The number of para-hydroxylation sites is 1. The number of rotatable bonds is 11. The summed E-state index contributed by atoms with van der Waals surface area (Å²) in [4.78, 5) is 56.9. The molecular formula is C36H35N3O6. The van der Waals surface area contributed by atoms with Gasteiger partial charge in [0.25, 0.3) is 17.6 Å². The van der Waals surface area contributed by atoms with Crippen molar-refractivity contribution in [2.24, 2.45) is 0 Å². The number of hydrogen-bond donors (Lipinski definition) is 1. The number of nitrogens with one attached hydrogen (secondary N) is 1. The first-order valence-electron chi connectivity index (χ1n) is 14.6. The van der Waals surface area contributed by atoms with E-state index in [2.05, 4.69) is 19.2 Å². The third kappa shape index (κ3) is 6.72. The number of Topliss-reactive ketones (excluding diaryl/α,β-unsaturated/α-hetero) is 1. The molecule has 1 aliphatic heterocycles. The molecule has 9 heteroatoms. The van der Waals surface area contributed by atoms with Crippen molar-refractivity contribution in [1.29, 1.82) is 0 Å². The standard InChI is InChI=1S/C36H35N3O6/c1-23(2)25-11-13-26(14-12-25)33(35(42)37-27-15-19-29(45-4)20-16-27)39(21-24-9-17-28(44-3)18-10-24)32(40)22-38-31-8-6-5-7-30(31)34(41)36(38)43/h5-20,23,33H,21-22H2,1-4H3,(H,37,42). The number of methoxy groups -OCH3 is 2. The summed E-state index contributed by atoms with van der Waals surface area (Å²) in [6.45, 7) is 3.78. The maximum Gasteiger partial charge on any atom is 0.299 e. The van der Waals surface area contributed by atoms with Gasteiger partial charge in [0.15, 0.2) is 0 Å². The summed E-state index contributed by atoms with van der Waals surface area (Å²) in [5, 5.41) is 2.95. The fourth-order valence-electron chi connectivity index (χ4n) is 5.30. The molecule has 5 rings (SSSR count). The third-order valence-electron chi connectivity index (χ3n) is 7.84. The fraction of sp³-hybridized carbons (Fsp3) is 0.222. The molecule has 0 fully saturated rings. The summed E-state index contributed by atoms with van der Waals surface area (Å²) in [5.41, 5.74) is 3.56. The van der Waals surface area contributed by atoms with E-state index in [9.17, 15) is 19.2 Å². The highest BCUT2D eigenvalue weighted by atomic mass is 16.5. The minimum Gasteiger partial charge on any atom is -0.497 e. The van der Waals surface area contributed by atoms with E-state index >= 15 is 0 Å². The van der Waals surface area contributed by atoms with E-state index in [-0.39, 0.29) is 18.0 Å². The van der Waals surface area contributed by atoms with Gasteiger partial charge in [0.05, 0.1) is 25.5 Å². The van der Waals surface area contributed by atoms with Gasteiger partial charge in [-0.2, -0.15) is 0 Å². The summed E-state index contributed by atoms with van der Waals surface area (Å²) in [5.74, 6) is -0.855. The van der Waals surface area contributed by atoms with Gasteiger partial charge in [-0.25, -0.2) is 0 Å². The molecule has 1 N–H and O–H groups in total. The van der Waals surface area contributed by atoms with Crippen LogP contribution in [0.25, 0.3) is 0 Å². The topological polar surface area (TPSA) is 105 Å². The smallest absolute Gasteiger partial charge is 0.299 e. The molecule has 0 spiro atoms. The summed E-state index contributed by atoms with van der Waals surface area (Å²) in [6.07, 6.45) is 0. The van der Waals surface area contributed by atoms with Crippen LogP contribution < -0.4 is 19.7 Å². The van der Waals surface area contributed by atoms with Crippen LogP contribution in [0.15, 0.2) is 97.1 Å². The van der Waals surface area contributed by atoms with Crippen LogP contribution in [-0.4, -0.2) is 49.2 Å². The van der Waals surface area contributed by atoms with Gasteiger partial charge in [0.1, 0.15) is 24.1 Å². The van der Waals surface area contributed by atoms with Crippen LogP contribution in [0, 0.1) is 0 Å². The van der Waals surface area contributed by atoms with Gasteiger partial charge in [0, 0.05) is 12.2 Å². The van der Waals surface area contributed by atoms with Crippen molar-refractivity contribution in [2.45, 2.75) is 32.4 Å². The minimum atomic E-state index is -1.08. The quantitative estimate of drug-likeness (QED) is 0.218. The first-order chi connectivity index (χ1) is 21.7. The lowest BCUT2D eigenvalue weighted by molar-refractivity contribution is -0.139. The van der Waals surface area contributed by atoms with Gasteiger partial charge in [-0.05, 0) is 71.1 Å². The number of nitrogens with zero attached hydrogens (tertiary/aromatic N) is 2. The van der Waals surface area contributed by atoms with Crippen LogP contribution in [0.1, 0.15) is 52.9 Å². The van der Waals surface area contributed by atoms with Crippen LogP contribution in [0.2, 0.25) is 0 Å². The number of benzene rings is 4. The van der Waals surface area contributed by atoms with E-state index in [1.165, 1.54) is 9.80 Å². The van der Waals surface area contributed by atoms with Gasteiger partial charge < -0.3 is 19.7 Å². The number of ketones is 1. The molecule has 1 heterocycles. The lowest BCUT2D eigenvalue weighted by Gasteiger charge is -2.33. The molecule has 230 valence electrons. The lowest BCUT2D eigenvalue weighted by Crippen LogP contribution is -2.46. The van der Waals surface area contributed by atoms with Crippen LogP contribution in [0.3, 0.4) is 0 Å². The second-order valence-electron chi connectivity index (χ2n) is 11.0. The molecule has 1 aliphatic rings. The average molecular weight is 606 g/mol. The number of amides is 3. The van der Waals surface area contributed by atoms with E-state index in [0.29, 0.717) is 28.4 Å². The van der Waals surface area contributed by atoms with Crippen LogP contribution >= 0.6 is 0 Å². The molecule has 0 bridgehead atoms. The first kappa shape index (κ1) is 31.0. The van der Waals surface area contributed by atoms with E-state index in [0.717, 1.165) is 11.1 Å². The Balaban J connectivity index is 1.56. The van der Waals surface area contributed by atoms with Crippen molar-refractivity contribution in [1.82, 2.24) is 4.90 Å². The normalized spacial score (nSPS) is 13.0. The largest absolute Gasteiger partial charge is 0.497 e. The Morgan fingerprint density at radius 3 is 1.96 bits per heavy atom. The maximum absolute atomic E-state index is 14.3. The Morgan fingerprint density at radius 1 is 0.778 bits per heavy atom. The zero-order valence-corrected chi connectivity index (χ0v) is 25.7. The number of carbonyl (C=O) groups is 4. The van der Waals surface area contributed by atoms with Gasteiger partial charge in [-0.15, -0.1) is 0 Å². The van der Waals surface area contributed by atoms with Crippen molar-refractivity contribution >= 4 is 34.9 Å².